The lowest BCUT2D eigenvalue weighted by Gasteiger charge is -2.35. The Bertz CT molecular complexity index is 1100. The molecular weight excluding hydrogens is 368 g/mol. The maximum absolute atomic E-state index is 12.7. The minimum absolute atomic E-state index is 0.0372. The molecule has 1 aromatic heterocycles. The number of non-ortho nitro benzene ring substituents is 1. The highest BCUT2D eigenvalue weighted by molar-refractivity contribution is 5.99. The first-order chi connectivity index (χ1) is 13.9. The summed E-state index contributed by atoms with van der Waals surface area (Å²) >= 11 is 0. The van der Waals surface area contributed by atoms with Crippen molar-refractivity contribution in [2.24, 2.45) is 10.4 Å². The molecule has 0 radical (unpaired) electrons. The van der Waals surface area contributed by atoms with Crippen LogP contribution in [0.1, 0.15) is 47.9 Å². The summed E-state index contributed by atoms with van der Waals surface area (Å²) in [7, 11) is 0. The van der Waals surface area contributed by atoms with Gasteiger partial charge in [-0.25, -0.2) is 4.68 Å². The normalized spacial score (nSPS) is 18.0. The number of carbonyl (C=O) groups is 1. The zero-order valence-corrected chi connectivity index (χ0v) is 16.1. The van der Waals surface area contributed by atoms with Gasteiger partial charge >= 0.3 is 0 Å². The molecule has 7 nitrogen and oxygen atoms in total. The van der Waals surface area contributed by atoms with E-state index in [1.54, 1.807) is 29.2 Å². The first kappa shape index (κ1) is 18.7. The van der Waals surface area contributed by atoms with Gasteiger partial charge in [0.1, 0.15) is 0 Å². The molecule has 1 atom stereocenters. The SMILES string of the molecule is CC1(C)CC(=O)c2cnn(-c3ccccc3)c2C1N=Cc1ccc([N+](=O)[O-])cc1. The zero-order chi connectivity index (χ0) is 20.6. The molecule has 0 spiro atoms. The Morgan fingerprint density at radius 2 is 1.86 bits per heavy atom. The number of rotatable bonds is 4. The molecule has 0 bridgehead atoms. The van der Waals surface area contributed by atoms with Crippen molar-refractivity contribution in [3.8, 4) is 5.69 Å². The van der Waals surface area contributed by atoms with E-state index in [-0.39, 0.29) is 17.5 Å². The van der Waals surface area contributed by atoms with E-state index in [0.29, 0.717) is 12.0 Å². The standard InChI is InChI=1S/C22H20N4O3/c1-22(2)12-19(27)18-14-24-25(16-6-4-3-5-7-16)20(18)21(22)23-13-15-8-10-17(11-9-15)26(28)29/h3-11,13-14,21H,12H2,1-2H3. The summed E-state index contributed by atoms with van der Waals surface area (Å²) < 4.78 is 1.78. The van der Waals surface area contributed by atoms with Crippen LogP contribution in [0.5, 0.6) is 0 Å². The summed E-state index contributed by atoms with van der Waals surface area (Å²) in [5.41, 5.74) is 2.64. The third kappa shape index (κ3) is 3.47. The minimum atomic E-state index is -0.429. The molecule has 3 aromatic rings. The van der Waals surface area contributed by atoms with Crippen LogP contribution in [0.25, 0.3) is 5.69 Å². The van der Waals surface area contributed by atoms with E-state index >= 15 is 0 Å². The van der Waals surface area contributed by atoms with Crippen molar-refractivity contribution in [3.05, 3.63) is 87.7 Å². The number of fused-ring (bicyclic) bond motifs is 1. The quantitative estimate of drug-likeness (QED) is 0.372. The van der Waals surface area contributed by atoms with Gasteiger partial charge in [0.25, 0.3) is 5.69 Å². The highest BCUT2D eigenvalue weighted by atomic mass is 16.6. The molecule has 7 heteroatoms. The largest absolute Gasteiger partial charge is 0.294 e. The molecule has 4 rings (SSSR count). The number of aromatic nitrogens is 2. The first-order valence-electron chi connectivity index (χ1n) is 9.31. The predicted octanol–water partition coefficient (Wildman–Crippen LogP) is 4.55. The van der Waals surface area contributed by atoms with Crippen LogP contribution in [-0.2, 0) is 0 Å². The number of hydrogen-bond acceptors (Lipinski definition) is 5. The van der Waals surface area contributed by atoms with E-state index in [1.165, 1.54) is 12.1 Å². The van der Waals surface area contributed by atoms with Crippen LogP contribution in [0.4, 0.5) is 5.69 Å². The fraction of sp³-hybridized carbons (Fsp3) is 0.227. The Hall–Kier alpha value is -3.61. The van der Waals surface area contributed by atoms with Crippen molar-refractivity contribution in [3.63, 3.8) is 0 Å². The molecule has 1 aliphatic carbocycles. The summed E-state index contributed by atoms with van der Waals surface area (Å²) in [4.78, 5) is 27.9. The van der Waals surface area contributed by atoms with Gasteiger partial charge in [-0.05, 0) is 29.8 Å². The third-order valence-corrected chi connectivity index (χ3v) is 5.20. The van der Waals surface area contributed by atoms with Crippen molar-refractivity contribution in [2.75, 3.05) is 0 Å². The number of ketones is 1. The molecule has 0 N–H and O–H groups in total. The predicted molar refractivity (Wildman–Crippen MR) is 110 cm³/mol. The molecule has 1 heterocycles. The highest BCUT2D eigenvalue weighted by Gasteiger charge is 2.42. The molecule has 0 saturated carbocycles. The van der Waals surface area contributed by atoms with Gasteiger partial charge in [0.05, 0.1) is 34.1 Å². The van der Waals surface area contributed by atoms with Gasteiger partial charge in [-0.15, -0.1) is 0 Å². The van der Waals surface area contributed by atoms with E-state index < -0.39 is 10.3 Å². The van der Waals surface area contributed by atoms with Gasteiger partial charge in [-0.3, -0.25) is 19.9 Å². The second kappa shape index (κ2) is 7.09. The molecule has 2 aromatic carbocycles. The second-order valence-corrected chi connectivity index (χ2v) is 7.81. The van der Waals surface area contributed by atoms with Crippen molar-refractivity contribution in [1.82, 2.24) is 9.78 Å². The van der Waals surface area contributed by atoms with E-state index in [9.17, 15) is 14.9 Å². The molecule has 1 unspecified atom stereocenters. The van der Waals surface area contributed by atoms with Gasteiger partial charge in [0.15, 0.2) is 5.78 Å². The lowest BCUT2D eigenvalue weighted by Crippen LogP contribution is -2.32. The molecular formula is C22H20N4O3. The summed E-state index contributed by atoms with van der Waals surface area (Å²) in [5, 5.41) is 15.3. The smallest absolute Gasteiger partial charge is 0.269 e. The number of Topliss-reactive ketones (excluding diaryl/α,β-unsaturated/α-hetero) is 1. The van der Waals surface area contributed by atoms with Crippen molar-refractivity contribution in [1.29, 1.82) is 0 Å². The van der Waals surface area contributed by atoms with E-state index in [1.807, 2.05) is 44.2 Å². The summed E-state index contributed by atoms with van der Waals surface area (Å²) in [6.07, 6.45) is 3.70. The Balaban J connectivity index is 1.77. The number of hydrogen-bond donors (Lipinski definition) is 0. The van der Waals surface area contributed by atoms with Gasteiger partial charge in [-0.2, -0.15) is 5.10 Å². The lowest BCUT2D eigenvalue weighted by molar-refractivity contribution is -0.384. The Kier molecular flexibility index (Phi) is 4.58. The van der Waals surface area contributed by atoms with Gasteiger partial charge < -0.3 is 0 Å². The summed E-state index contributed by atoms with van der Waals surface area (Å²) in [6.45, 7) is 4.04. The molecule has 0 aliphatic heterocycles. The summed E-state index contributed by atoms with van der Waals surface area (Å²) in [5.74, 6) is 0.0639. The van der Waals surface area contributed by atoms with Crippen LogP contribution < -0.4 is 0 Å². The highest BCUT2D eigenvalue weighted by Crippen LogP contribution is 2.46. The molecule has 0 fully saturated rings. The Morgan fingerprint density at radius 3 is 2.52 bits per heavy atom. The fourth-order valence-electron chi connectivity index (χ4n) is 3.70. The maximum Gasteiger partial charge on any atom is 0.269 e. The number of nitro groups is 1. The number of nitrogens with zero attached hydrogens (tertiary/aromatic N) is 4. The number of aliphatic imine (C=N–C) groups is 1. The average molecular weight is 388 g/mol. The van der Waals surface area contributed by atoms with E-state index in [4.69, 9.17) is 4.99 Å². The zero-order valence-electron chi connectivity index (χ0n) is 16.1. The van der Waals surface area contributed by atoms with Gasteiger partial charge in [0, 0.05) is 30.2 Å². The third-order valence-electron chi connectivity index (χ3n) is 5.20. The number of benzene rings is 2. The maximum atomic E-state index is 12.7. The molecule has 146 valence electrons. The van der Waals surface area contributed by atoms with Crippen LogP contribution in [0, 0.1) is 15.5 Å². The van der Waals surface area contributed by atoms with Crippen LogP contribution in [0.15, 0.2) is 65.8 Å². The van der Waals surface area contributed by atoms with Crippen LogP contribution in [0.3, 0.4) is 0 Å². The van der Waals surface area contributed by atoms with Crippen LogP contribution >= 0.6 is 0 Å². The fourth-order valence-corrected chi connectivity index (χ4v) is 3.70. The van der Waals surface area contributed by atoms with Crippen molar-refractivity contribution < 1.29 is 9.72 Å². The number of nitro benzene ring substituents is 1. The number of carbonyl (C=O) groups excluding carboxylic acids is 1. The van der Waals surface area contributed by atoms with Crippen molar-refractivity contribution >= 4 is 17.7 Å². The Labute approximate surface area is 167 Å². The van der Waals surface area contributed by atoms with Gasteiger partial charge in [0.2, 0.25) is 0 Å². The molecule has 29 heavy (non-hydrogen) atoms. The van der Waals surface area contributed by atoms with Crippen LogP contribution in [0.2, 0.25) is 0 Å². The summed E-state index contributed by atoms with van der Waals surface area (Å²) in [6, 6.07) is 15.6. The number of para-hydroxylation sites is 1. The molecule has 1 aliphatic rings. The first-order valence-corrected chi connectivity index (χ1v) is 9.31. The molecule has 0 saturated heterocycles. The topological polar surface area (TPSA) is 90.4 Å². The second-order valence-electron chi connectivity index (χ2n) is 7.81. The van der Waals surface area contributed by atoms with Crippen molar-refractivity contribution in [2.45, 2.75) is 26.3 Å². The minimum Gasteiger partial charge on any atom is -0.294 e. The lowest BCUT2D eigenvalue weighted by atomic mass is 9.72. The molecule has 0 amide bonds. The van der Waals surface area contributed by atoms with E-state index in [2.05, 4.69) is 5.10 Å². The van der Waals surface area contributed by atoms with Gasteiger partial charge in [-0.1, -0.05) is 32.0 Å². The average Bonchev–Trinajstić information content (AvgIpc) is 3.13. The van der Waals surface area contributed by atoms with E-state index in [0.717, 1.165) is 16.9 Å². The monoisotopic (exact) mass is 388 g/mol. The van der Waals surface area contributed by atoms with Crippen LogP contribution in [-0.4, -0.2) is 26.7 Å². The Morgan fingerprint density at radius 1 is 1.17 bits per heavy atom.